The van der Waals surface area contributed by atoms with E-state index in [0.29, 0.717) is 17.7 Å². The summed E-state index contributed by atoms with van der Waals surface area (Å²) in [7, 11) is 1.59. The minimum Gasteiger partial charge on any atom is -0.481 e. The quantitative estimate of drug-likeness (QED) is 0.630. The summed E-state index contributed by atoms with van der Waals surface area (Å²) < 4.78 is 12.3. The summed E-state index contributed by atoms with van der Waals surface area (Å²) in [5.74, 6) is 2.48. The summed E-state index contributed by atoms with van der Waals surface area (Å²) in [5.41, 5.74) is 0.861. The number of hydrogen-bond acceptors (Lipinski definition) is 8. The molecule has 3 heterocycles. The smallest absolute Gasteiger partial charge is 0.239 e. The molecule has 0 spiro atoms. The van der Waals surface area contributed by atoms with Crippen molar-refractivity contribution in [2.75, 3.05) is 7.11 Å². The second kappa shape index (κ2) is 6.23. The van der Waals surface area contributed by atoms with Crippen molar-refractivity contribution in [3.63, 3.8) is 0 Å². The molecule has 1 unspecified atom stereocenters. The summed E-state index contributed by atoms with van der Waals surface area (Å²) in [6.45, 7) is 2.01. The van der Waals surface area contributed by atoms with Gasteiger partial charge in [0.2, 0.25) is 11.8 Å². The SMILES string of the molecule is COc1ccc(-n2cnnc2SC(C)c2nc(C3CC3)no2)cn1. The van der Waals surface area contributed by atoms with Gasteiger partial charge in [0.05, 0.1) is 24.2 Å². The largest absolute Gasteiger partial charge is 0.481 e. The van der Waals surface area contributed by atoms with Crippen LogP contribution in [0.4, 0.5) is 0 Å². The molecule has 3 aromatic heterocycles. The van der Waals surface area contributed by atoms with E-state index in [1.165, 1.54) is 11.8 Å². The Kier molecular flexibility index (Phi) is 3.93. The number of methoxy groups -OCH3 is 1. The van der Waals surface area contributed by atoms with Crippen LogP contribution in [0.1, 0.15) is 42.6 Å². The van der Waals surface area contributed by atoms with E-state index in [4.69, 9.17) is 9.26 Å². The molecule has 9 heteroatoms. The molecular formula is C15H16N6O2S. The summed E-state index contributed by atoms with van der Waals surface area (Å²) in [6.07, 6.45) is 5.68. The van der Waals surface area contributed by atoms with E-state index in [1.54, 1.807) is 25.7 Å². The molecule has 1 atom stereocenters. The number of thioether (sulfide) groups is 1. The number of rotatable bonds is 6. The first kappa shape index (κ1) is 15.1. The first-order chi connectivity index (χ1) is 11.7. The van der Waals surface area contributed by atoms with E-state index in [1.807, 2.05) is 17.6 Å². The van der Waals surface area contributed by atoms with Gasteiger partial charge < -0.3 is 9.26 Å². The first-order valence-corrected chi connectivity index (χ1v) is 8.53. The number of hydrogen-bond donors (Lipinski definition) is 0. The summed E-state index contributed by atoms with van der Waals surface area (Å²) >= 11 is 1.51. The van der Waals surface area contributed by atoms with E-state index >= 15 is 0 Å². The molecule has 0 N–H and O–H groups in total. The third-order valence-electron chi connectivity index (χ3n) is 3.75. The van der Waals surface area contributed by atoms with Crippen molar-refractivity contribution in [3.05, 3.63) is 36.4 Å². The summed E-state index contributed by atoms with van der Waals surface area (Å²) in [6, 6.07) is 3.70. The van der Waals surface area contributed by atoms with Crippen LogP contribution in [0.25, 0.3) is 5.69 Å². The fraction of sp³-hybridized carbons (Fsp3) is 0.400. The summed E-state index contributed by atoms with van der Waals surface area (Å²) in [5, 5.41) is 13.0. The van der Waals surface area contributed by atoms with Crippen LogP contribution in [0, 0.1) is 0 Å². The molecule has 0 saturated heterocycles. The Hall–Kier alpha value is -2.42. The Morgan fingerprint density at radius 2 is 2.25 bits per heavy atom. The van der Waals surface area contributed by atoms with Crippen LogP contribution in [-0.2, 0) is 0 Å². The zero-order chi connectivity index (χ0) is 16.5. The average Bonchev–Trinajstić information content (AvgIpc) is 3.16. The molecule has 0 bridgehead atoms. The average molecular weight is 344 g/mol. The van der Waals surface area contributed by atoms with E-state index in [2.05, 4.69) is 25.3 Å². The van der Waals surface area contributed by atoms with Gasteiger partial charge in [-0.3, -0.25) is 4.57 Å². The zero-order valence-electron chi connectivity index (χ0n) is 13.3. The second-order valence-electron chi connectivity index (χ2n) is 5.57. The maximum Gasteiger partial charge on any atom is 0.239 e. The lowest BCUT2D eigenvalue weighted by Crippen LogP contribution is -1.99. The predicted molar refractivity (Wildman–Crippen MR) is 86.3 cm³/mol. The van der Waals surface area contributed by atoms with Crippen molar-refractivity contribution in [3.8, 4) is 11.6 Å². The molecule has 1 aliphatic rings. The van der Waals surface area contributed by atoms with Crippen molar-refractivity contribution < 1.29 is 9.26 Å². The Balaban J connectivity index is 1.52. The Morgan fingerprint density at radius 1 is 1.38 bits per heavy atom. The lowest BCUT2D eigenvalue weighted by atomic mass is 10.4. The lowest BCUT2D eigenvalue weighted by molar-refractivity contribution is 0.374. The molecule has 8 nitrogen and oxygen atoms in total. The molecule has 0 amide bonds. The van der Waals surface area contributed by atoms with Crippen LogP contribution < -0.4 is 4.74 Å². The van der Waals surface area contributed by atoms with Crippen LogP contribution in [0.2, 0.25) is 0 Å². The number of ether oxygens (including phenoxy) is 1. The third-order valence-corrected chi connectivity index (χ3v) is 4.80. The van der Waals surface area contributed by atoms with Crippen molar-refractivity contribution in [2.45, 2.75) is 36.1 Å². The van der Waals surface area contributed by atoms with Gasteiger partial charge in [-0.15, -0.1) is 10.2 Å². The standard InChI is InChI=1S/C15H16N6O2S/c1-9(14-18-13(20-23-14)10-3-4-10)24-15-19-17-8-21(15)11-5-6-12(22-2)16-7-11/h5-10H,3-4H2,1-2H3. The molecule has 3 aromatic rings. The molecule has 124 valence electrons. The lowest BCUT2D eigenvalue weighted by Gasteiger charge is -2.08. The first-order valence-electron chi connectivity index (χ1n) is 7.65. The number of pyridine rings is 1. The van der Waals surface area contributed by atoms with Gasteiger partial charge in [-0.05, 0) is 25.8 Å². The molecule has 4 rings (SSSR count). The van der Waals surface area contributed by atoms with Gasteiger partial charge in [-0.2, -0.15) is 4.98 Å². The fourth-order valence-electron chi connectivity index (χ4n) is 2.25. The number of aromatic nitrogens is 6. The molecular weight excluding hydrogens is 328 g/mol. The van der Waals surface area contributed by atoms with Gasteiger partial charge >= 0.3 is 0 Å². The Morgan fingerprint density at radius 3 is 2.96 bits per heavy atom. The number of nitrogens with zero attached hydrogens (tertiary/aromatic N) is 6. The van der Waals surface area contributed by atoms with E-state index in [0.717, 1.165) is 29.5 Å². The highest BCUT2D eigenvalue weighted by molar-refractivity contribution is 7.99. The molecule has 1 aliphatic carbocycles. The zero-order valence-corrected chi connectivity index (χ0v) is 14.1. The van der Waals surface area contributed by atoms with E-state index < -0.39 is 0 Å². The van der Waals surface area contributed by atoms with Gasteiger partial charge in [-0.25, -0.2) is 4.98 Å². The highest BCUT2D eigenvalue weighted by Gasteiger charge is 2.30. The van der Waals surface area contributed by atoms with Crippen LogP contribution in [0.5, 0.6) is 5.88 Å². The van der Waals surface area contributed by atoms with Crippen LogP contribution in [0.3, 0.4) is 0 Å². The van der Waals surface area contributed by atoms with Gasteiger partial charge in [0.15, 0.2) is 11.0 Å². The minimum atomic E-state index is -0.0147. The van der Waals surface area contributed by atoms with E-state index in [9.17, 15) is 0 Å². The fourth-order valence-corrected chi connectivity index (χ4v) is 3.12. The highest BCUT2D eigenvalue weighted by atomic mass is 32.2. The molecule has 1 saturated carbocycles. The van der Waals surface area contributed by atoms with Crippen molar-refractivity contribution in [1.29, 1.82) is 0 Å². The molecule has 1 fully saturated rings. The topological polar surface area (TPSA) is 91.8 Å². The minimum absolute atomic E-state index is 0.0147. The normalized spacial score (nSPS) is 15.4. The highest BCUT2D eigenvalue weighted by Crippen LogP contribution is 2.40. The maximum absolute atomic E-state index is 5.38. The Labute approximate surface area is 142 Å². The van der Waals surface area contributed by atoms with E-state index in [-0.39, 0.29) is 5.25 Å². The molecule has 24 heavy (non-hydrogen) atoms. The predicted octanol–water partition coefficient (Wildman–Crippen LogP) is 2.78. The molecule has 0 radical (unpaired) electrons. The van der Waals surface area contributed by atoms with Crippen LogP contribution in [-0.4, -0.2) is 37.0 Å². The van der Waals surface area contributed by atoms with Crippen LogP contribution in [0.15, 0.2) is 34.3 Å². The monoisotopic (exact) mass is 344 g/mol. The second-order valence-corrected chi connectivity index (χ2v) is 6.88. The van der Waals surface area contributed by atoms with Crippen LogP contribution >= 0.6 is 11.8 Å². The Bertz CT molecular complexity index is 827. The van der Waals surface area contributed by atoms with Gasteiger partial charge in [0.1, 0.15) is 6.33 Å². The van der Waals surface area contributed by atoms with Crippen molar-refractivity contribution in [2.24, 2.45) is 0 Å². The van der Waals surface area contributed by atoms with Gasteiger partial charge in [-0.1, -0.05) is 16.9 Å². The summed E-state index contributed by atoms with van der Waals surface area (Å²) in [4.78, 5) is 8.71. The molecule has 0 aromatic carbocycles. The van der Waals surface area contributed by atoms with Crippen molar-refractivity contribution in [1.82, 2.24) is 29.9 Å². The maximum atomic E-state index is 5.38. The third kappa shape index (κ3) is 2.99. The van der Waals surface area contributed by atoms with Gasteiger partial charge in [0, 0.05) is 12.0 Å². The molecule has 0 aliphatic heterocycles. The van der Waals surface area contributed by atoms with Gasteiger partial charge in [0.25, 0.3) is 0 Å². The van der Waals surface area contributed by atoms with Crippen molar-refractivity contribution >= 4 is 11.8 Å².